The zero-order valence-corrected chi connectivity index (χ0v) is 14.7. The van der Waals surface area contributed by atoms with Gasteiger partial charge in [0.1, 0.15) is 0 Å². The molecule has 2 fully saturated rings. The highest BCUT2D eigenvalue weighted by atomic mass is 32.2. The largest absolute Gasteiger partial charge is 0.340 e. The first-order chi connectivity index (χ1) is 11.8. The minimum absolute atomic E-state index is 0.0280. The molecule has 1 amide bonds. The highest BCUT2D eigenvalue weighted by Crippen LogP contribution is 2.22. The van der Waals surface area contributed by atoms with E-state index in [1.54, 1.807) is 17.0 Å². The van der Waals surface area contributed by atoms with Gasteiger partial charge in [-0.2, -0.15) is 0 Å². The maximum Gasteiger partial charge on any atom is 0.269 e. The highest BCUT2D eigenvalue weighted by Gasteiger charge is 2.36. The van der Waals surface area contributed by atoms with Crippen molar-refractivity contribution in [1.29, 1.82) is 0 Å². The molecular weight excluding hydrogens is 346 g/mol. The summed E-state index contributed by atoms with van der Waals surface area (Å²) in [6.45, 7) is 3.07. The van der Waals surface area contributed by atoms with Crippen LogP contribution in [-0.4, -0.2) is 66.7 Å². The molecule has 2 aliphatic heterocycles. The van der Waals surface area contributed by atoms with Crippen molar-refractivity contribution in [3.8, 4) is 0 Å². The molecule has 136 valence electrons. The van der Waals surface area contributed by atoms with Crippen molar-refractivity contribution in [3.63, 3.8) is 0 Å². The van der Waals surface area contributed by atoms with Gasteiger partial charge >= 0.3 is 0 Å². The Morgan fingerprint density at radius 2 is 1.96 bits per heavy atom. The van der Waals surface area contributed by atoms with Crippen LogP contribution in [0.25, 0.3) is 0 Å². The zero-order valence-electron chi connectivity index (χ0n) is 13.8. The molecule has 0 aromatic heterocycles. The lowest BCUT2D eigenvalue weighted by molar-refractivity contribution is -0.384. The predicted octanol–water partition coefficient (Wildman–Crippen LogP) is 0.674. The number of carbonyl (C=O) groups excluding carboxylic acids is 1. The molecule has 0 bridgehead atoms. The first kappa shape index (κ1) is 17.8. The average Bonchev–Trinajstić information content (AvgIpc) is 2.95. The second-order valence-electron chi connectivity index (χ2n) is 6.63. The molecule has 2 saturated heterocycles. The predicted molar refractivity (Wildman–Crippen MR) is 91.7 cm³/mol. The number of rotatable bonds is 4. The van der Waals surface area contributed by atoms with Crippen LogP contribution in [0.5, 0.6) is 0 Å². The van der Waals surface area contributed by atoms with Gasteiger partial charge in [-0.3, -0.25) is 19.8 Å². The minimum Gasteiger partial charge on any atom is -0.340 e. The van der Waals surface area contributed by atoms with Crippen molar-refractivity contribution < 1.29 is 18.1 Å². The fourth-order valence-corrected chi connectivity index (χ4v) is 5.13. The number of nitro benzene ring substituents is 1. The van der Waals surface area contributed by atoms with Crippen molar-refractivity contribution >= 4 is 21.4 Å². The van der Waals surface area contributed by atoms with E-state index in [-0.39, 0.29) is 23.1 Å². The van der Waals surface area contributed by atoms with E-state index in [9.17, 15) is 23.3 Å². The molecule has 1 atom stereocenters. The molecule has 3 rings (SSSR count). The van der Waals surface area contributed by atoms with Gasteiger partial charge in [0.05, 0.1) is 22.3 Å². The number of sulfone groups is 1. The lowest BCUT2D eigenvalue weighted by Gasteiger charge is -2.35. The maximum absolute atomic E-state index is 12.4. The van der Waals surface area contributed by atoms with E-state index < -0.39 is 20.7 Å². The van der Waals surface area contributed by atoms with Crippen LogP contribution in [0.3, 0.4) is 0 Å². The van der Waals surface area contributed by atoms with Crippen LogP contribution in [0.15, 0.2) is 24.3 Å². The number of piperazine rings is 1. The van der Waals surface area contributed by atoms with Gasteiger partial charge in [0.2, 0.25) is 5.91 Å². The van der Waals surface area contributed by atoms with Crippen LogP contribution >= 0.6 is 0 Å². The van der Waals surface area contributed by atoms with Gasteiger partial charge in [-0.25, -0.2) is 8.42 Å². The topological polar surface area (TPSA) is 101 Å². The van der Waals surface area contributed by atoms with Crippen LogP contribution < -0.4 is 0 Å². The number of hydrogen-bond acceptors (Lipinski definition) is 6. The maximum atomic E-state index is 12.4. The highest BCUT2D eigenvalue weighted by molar-refractivity contribution is 7.91. The van der Waals surface area contributed by atoms with Gasteiger partial charge in [0, 0.05) is 44.9 Å². The number of non-ortho nitro benzene ring substituents is 1. The molecule has 1 aromatic carbocycles. The van der Waals surface area contributed by atoms with E-state index in [0.29, 0.717) is 39.1 Å². The number of nitro groups is 1. The molecule has 0 aliphatic carbocycles. The Balaban J connectivity index is 1.53. The molecule has 2 aliphatic rings. The average molecular weight is 367 g/mol. The van der Waals surface area contributed by atoms with Gasteiger partial charge in [-0.1, -0.05) is 12.1 Å². The molecule has 0 saturated carbocycles. The molecule has 8 nitrogen and oxygen atoms in total. The SMILES string of the molecule is O=C(C1CCS(=O)(=O)C1)N1CCN(Cc2cccc([N+](=O)[O-])c2)CC1. The van der Waals surface area contributed by atoms with E-state index in [1.165, 1.54) is 6.07 Å². The molecule has 1 unspecified atom stereocenters. The molecule has 2 heterocycles. The molecule has 0 radical (unpaired) electrons. The number of benzene rings is 1. The second-order valence-corrected chi connectivity index (χ2v) is 8.86. The van der Waals surface area contributed by atoms with Gasteiger partial charge in [-0.15, -0.1) is 0 Å². The monoisotopic (exact) mass is 367 g/mol. The Morgan fingerprint density at radius 1 is 1.24 bits per heavy atom. The second kappa shape index (κ2) is 7.09. The third-order valence-corrected chi connectivity index (χ3v) is 6.56. The summed E-state index contributed by atoms with van der Waals surface area (Å²) in [6, 6.07) is 6.57. The number of amides is 1. The zero-order chi connectivity index (χ0) is 18.0. The van der Waals surface area contributed by atoms with E-state index >= 15 is 0 Å². The van der Waals surface area contributed by atoms with Crippen molar-refractivity contribution in [1.82, 2.24) is 9.80 Å². The Morgan fingerprint density at radius 3 is 2.56 bits per heavy atom. The molecule has 25 heavy (non-hydrogen) atoms. The van der Waals surface area contributed by atoms with E-state index in [4.69, 9.17) is 0 Å². The normalized spacial score (nSPS) is 23.5. The van der Waals surface area contributed by atoms with E-state index in [0.717, 1.165) is 5.56 Å². The fourth-order valence-electron chi connectivity index (χ4n) is 3.40. The first-order valence-corrected chi connectivity index (χ1v) is 10.1. The first-order valence-electron chi connectivity index (χ1n) is 8.29. The van der Waals surface area contributed by atoms with Crippen molar-refractivity contribution in [2.45, 2.75) is 13.0 Å². The summed E-state index contributed by atoms with van der Waals surface area (Å²) in [5.41, 5.74) is 0.949. The van der Waals surface area contributed by atoms with Crippen LogP contribution in [-0.2, 0) is 21.2 Å². The summed E-state index contributed by atoms with van der Waals surface area (Å²) < 4.78 is 23.1. The van der Waals surface area contributed by atoms with Gasteiger partial charge in [0.15, 0.2) is 9.84 Å². The summed E-state index contributed by atoms with van der Waals surface area (Å²) in [4.78, 5) is 26.8. The third kappa shape index (κ3) is 4.35. The lowest BCUT2D eigenvalue weighted by atomic mass is 10.1. The Hall–Kier alpha value is -2.00. The quantitative estimate of drug-likeness (QED) is 0.573. The summed E-state index contributed by atoms with van der Waals surface area (Å²) in [5.74, 6) is -0.375. The molecule has 0 N–H and O–H groups in total. The Labute approximate surface area is 146 Å². The molecule has 0 spiro atoms. The lowest BCUT2D eigenvalue weighted by Crippen LogP contribution is -2.50. The number of hydrogen-bond donors (Lipinski definition) is 0. The molecule has 1 aromatic rings. The third-order valence-electron chi connectivity index (χ3n) is 4.79. The van der Waals surface area contributed by atoms with Crippen molar-refractivity contribution in [2.75, 3.05) is 37.7 Å². The van der Waals surface area contributed by atoms with E-state index in [2.05, 4.69) is 4.90 Å². The van der Waals surface area contributed by atoms with Gasteiger partial charge in [-0.05, 0) is 12.0 Å². The van der Waals surface area contributed by atoms with Crippen LogP contribution in [0.1, 0.15) is 12.0 Å². The standard InChI is InChI=1S/C16H21N3O5S/c20-16(14-4-9-25(23,24)12-14)18-7-5-17(6-8-18)11-13-2-1-3-15(10-13)19(21)22/h1-3,10,14H,4-9,11-12H2. The summed E-state index contributed by atoms with van der Waals surface area (Å²) >= 11 is 0. The minimum atomic E-state index is -3.05. The molecular formula is C16H21N3O5S. The smallest absolute Gasteiger partial charge is 0.269 e. The van der Waals surface area contributed by atoms with Crippen LogP contribution in [0, 0.1) is 16.0 Å². The summed E-state index contributed by atoms with van der Waals surface area (Å²) in [5, 5.41) is 10.8. The van der Waals surface area contributed by atoms with Gasteiger partial charge < -0.3 is 4.90 Å². The number of nitrogens with zero attached hydrogens (tertiary/aromatic N) is 3. The van der Waals surface area contributed by atoms with E-state index in [1.807, 2.05) is 6.07 Å². The number of carbonyl (C=O) groups is 1. The summed E-state index contributed by atoms with van der Waals surface area (Å²) in [7, 11) is -3.05. The Bertz CT molecular complexity index is 772. The van der Waals surface area contributed by atoms with Crippen LogP contribution in [0.2, 0.25) is 0 Å². The fraction of sp³-hybridized carbons (Fsp3) is 0.562. The molecule has 9 heteroatoms. The Kier molecular flexibility index (Phi) is 5.05. The summed E-state index contributed by atoms with van der Waals surface area (Å²) in [6.07, 6.45) is 0.426. The van der Waals surface area contributed by atoms with Crippen molar-refractivity contribution in [3.05, 3.63) is 39.9 Å². The van der Waals surface area contributed by atoms with Gasteiger partial charge in [0.25, 0.3) is 5.69 Å². The van der Waals surface area contributed by atoms with Crippen LogP contribution in [0.4, 0.5) is 5.69 Å². The van der Waals surface area contributed by atoms with Crippen molar-refractivity contribution in [2.24, 2.45) is 5.92 Å².